The minimum Gasteiger partial charge on any atom is -0.497 e. The number of benzene rings is 2. The molecule has 0 aliphatic heterocycles. The van der Waals surface area contributed by atoms with E-state index in [1.54, 1.807) is 38.5 Å². The molecule has 0 amide bonds. The fraction of sp³-hybridized carbons (Fsp3) is 0.250. The van der Waals surface area contributed by atoms with Crippen molar-refractivity contribution < 1.29 is 13.9 Å². The second kappa shape index (κ2) is 7.21. The largest absolute Gasteiger partial charge is 0.497 e. The Bertz CT molecular complexity index is 878. The molecule has 0 fully saturated rings. The third kappa shape index (κ3) is 3.59. The van der Waals surface area contributed by atoms with E-state index in [4.69, 9.17) is 13.9 Å². The van der Waals surface area contributed by atoms with E-state index in [-0.39, 0.29) is 5.43 Å². The monoisotopic (exact) mass is 324 g/mol. The van der Waals surface area contributed by atoms with Crippen molar-refractivity contribution in [3.05, 3.63) is 70.1 Å². The molecule has 3 aromatic rings. The Morgan fingerprint density at radius 1 is 0.875 bits per heavy atom. The summed E-state index contributed by atoms with van der Waals surface area (Å²) in [5, 5.41) is 0.578. The zero-order valence-electron chi connectivity index (χ0n) is 13.9. The number of rotatable bonds is 6. The molecule has 0 saturated heterocycles. The number of fused-ring (bicyclic) bond motifs is 1. The lowest BCUT2D eigenvalue weighted by atomic mass is 10.1. The number of hydrogen-bond acceptors (Lipinski definition) is 4. The number of aryl methyl sites for hydroxylation is 2. The molecule has 0 radical (unpaired) electrons. The summed E-state index contributed by atoms with van der Waals surface area (Å²) in [7, 11) is 3.25. The Balaban J connectivity index is 1.71. The first-order valence-electron chi connectivity index (χ1n) is 7.93. The van der Waals surface area contributed by atoms with Crippen molar-refractivity contribution in [2.75, 3.05) is 14.2 Å². The second-order valence-electron chi connectivity index (χ2n) is 5.64. The van der Waals surface area contributed by atoms with Crippen molar-refractivity contribution in [3.63, 3.8) is 0 Å². The van der Waals surface area contributed by atoms with E-state index in [9.17, 15) is 4.79 Å². The lowest BCUT2D eigenvalue weighted by Crippen LogP contribution is -2.03. The second-order valence-corrected chi connectivity index (χ2v) is 5.64. The maximum absolute atomic E-state index is 12.2. The highest BCUT2D eigenvalue weighted by Gasteiger charge is 2.06. The summed E-state index contributed by atoms with van der Waals surface area (Å²) in [5.74, 6) is 2.24. The van der Waals surface area contributed by atoms with Crippen LogP contribution in [0.2, 0.25) is 0 Å². The van der Waals surface area contributed by atoms with E-state index in [2.05, 4.69) is 12.1 Å². The molecular formula is C20H20O4. The van der Waals surface area contributed by atoms with Crippen LogP contribution in [0.15, 0.2) is 57.7 Å². The molecule has 0 bridgehead atoms. The predicted octanol–water partition coefficient (Wildman–Crippen LogP) is 3.99. The molecule has 0 N–H and O–H groups in total. The van der Waals surface area contributed by atoms with Gasteiger partial charge < -0.3 is 13.9 Å². The highest BCUT2D eigenvalue weighted by Crippen LogP contribution is 2.20. The summed E-state index contributed by atoms with van der Waals surface area (Å²) in [6, 6.07) is 14.9. The number of hydrogen-bond donors (Lipinski definition) is 0. The maximum atomic E-state index is 12.2. The molecule has 0 atom stereocenters. The van der Waals surface area contributed by atoms with Crippen LogP contribution in [0.5, 0.6) is 11.5 Å². The average Bonchev–Trinajstić information content (AvgIpc) is 2.62. The predicted molar refractivity (Wildman–Crippen MR) is 94.1 cm³/mol. The van der Waals surface area contributed by atoms with Gasteiger partial charge in [-0.05, 0) is 42.7 Å². The molecule has 0 unspecified atom stereocenters. The number of methoxy groups -OCH3 is 2. The van der Waals surface area contributed by atoms with Crippen LogP contribution in [0.4, 0.5) is 0 Å². The van der Waals surface area contributed by atoms with Crippen LogP contribution in [0.1, 0.15) is 17.7 Å². The molecule has 0 aliphatic rings. The van der Waals surface area contributed by atoms with Gasteiger partial charge in [-0.15, -0.1) is 0 Å². The van der Waals surface area contributed by atoms with Gasteiger partial charge in [-0.3, -0.25) is 4.79 Å². The molecule has 4 heteroatoms. The summed E-state index contributed by atoms with van der Waals surface area (Å²) in [5.41, 5.74) is 1.79. The molecule has 3 rings (SSSR count). The normalized spacial score (nSPS) is 10.8. The molecular weight excluding hydrogens is 304 g/mol. The van der Waals surface area contributed by atoms with Gasteiger partial charge in [-0.1, -0.05) is 12.1 Å². The van der Waals surface area contributed by atoms with E-state index >= 15 is 0 Å². The van der Waals surface area contributed by atoms with E-state index < -0.39 is 0 Å². The van der Waals surface area contributed by atoms with Crippen molar-refractivity contribution in [3.8, 4) is 11.5 Å². The fourth-order valence-corrected chi connectivity index (χ4v) is 2.69. The van der Waals surface area contributed by atoms with Gasteiger partial charge in [-0.25, -0.2) is 0 Å². The van der Waals surface area contributed by atoms with Crippen molar-refractivity contribution >= 4 is 11.0 Å². The smallest absolute Gasteiger partial charge is 0.192 e. The van der Waals surface area contributed by atoms with Crippen molar-refractivity contribution in [1.82, 2.24) is 0 Å². The van der Waals surface area contributed by atoms with Crippen LogP contribution < -0.4 is 14.9 Å². The first kappa shape index (κ1) is 16.1. The zero-order chi connectivity index (χ0) is 16.9. The Morgan fingerprint density at radius 2 is 1.58 bits per heavy atom. The number of ether oxygens (including phenoxy) is 2. The highest BCUT2D eigenvalue weighted by atomic mass is 16.5. The van der Waals surface area contributed by atoms with E-state index in [0.717, 1.165) is 18.6 Å². The molecule has 0 aliphatic carbocycles. The van der Waals surface area contributed by atoms with Gasteiger partial charge in [0.1, 0.15) is 22.8 Å². The van der Waals surface area contributed by atoms with E-state index in [1.807, 2.05) is 12.1 Å². The minimum absolute atomic E-state index is 0.0154. The standard InChI is InChI=1S/C20H20O4/c1-22-15-8-6-14(7-9-15)4-3-5-17-12-19(21)18-11-10-16(23-2)13-20(18)24-17/h6-13H,3-5H2,1-2H3. The van der Waals surface area contributed by atoms with Crippen molar-refractivity contribution in [2.24, 2.45) is 0 Å². The van der Waals surface area contributed by atoms with Crippen LogP contribution in [0, 0.1) is 0 Å². The first-order valence-corrected chi connectivity index (χ1v) is 7.93. The molecule has 0 spiro atoms. The molecule has 24 heavy (non-hydrogen) atoms. The molecule has 4 nitrogen and oxygen atoms in total. The lowest BCUT2D eigenvalue weighted by Gasteiger charge is -2.06. The quantitative estimate of drug-likeness (QED) is 0.688. The van der Waals surface area contributed by atoms with Crippen LogP contribution >= 0.6 is 0 Å². The van der Waals surface area contributed by atoms with Crippen molar-refractivity contribution in [1.29, 1.82) is 0 Å². The minimum atomic E-state index is -0.0154. The molecule has 2 aromatic carbocycles. The highest BCUT2D eigenvalue weighted by molar-refractivity contribution is 5.77. The van der Waals surface area contributed by atoms with Gasteiger partial charge in [-0.2, -0.15) is 0 Å². The maximum Gasteiger partial charge on any atom is 0.192 e. The van der Waals surface area contributed by atoms with Crippen LogP contribution in [0.25, 0.3) is 11.0 Å². The Morgan fingerprint density at radius 3 is 2.29 bits per heavy atom. The Labute approximate surface area is 140 Å². The van der Waals surface area contributed by atoms with Crippen LogP contribution in [-0.2, 0) is 12.8 Å². The van der Waals surface area contributed by atoms with Crippen molar-refractivity contribution in [2.45, 2.75) is 19.3 Å². The third-order valence-corrected chi connectivity index (χ3v) is 4.04. The van der Waals surface area contributed by atoms with Gasteiger partial charge in [0.2, 0.25) is 0 Å². The van der Waals surface area contributed by atoms with Gasteiger partial charge in [0.25, 0.3) is 0 Å². The Hall–Kier alpha value is -2.75. The molecule has 1 heterocycles. The SMILES string of the molecule is COc1ccc(CCCc2cc(=O)c3ccc(OC)cc3o2)cc1. The topological polar surface area (TPSA) is 48.7 Å². The summed E-state index contributed by atoms with van der Waals surface area (Å²) in [4.78, 5) is 12.2. The van der Waals surface area contributed by atoms with Gasteiger partial charge in [0.15, 0.2) is 5.43 Å². The average molecular weight is 324 g/mol. The van der Waals surface area contributed by atoms with Crippen LogP contribution in [0.3, 0.4) is 0 Å². The van der Waals surface area contributed by atoms with Gasteiger partial charge in [0.05, 0.1) is 19.6 Å². The van der Waals surface area contributed by atoms with E-state index in [0.29, 0.717) is 28.9 Å². The third-order valence-electron chi connectivity index (χ3n) is 4.04. The summed E-state index contributed by atoms with van der Waals surface area (Å²) < 4.78 is 16.2. The molecule has 0 saturated carbocycles. The first-order chi connectivity index (χ1) is 11.7. The fourth-order valence-electron chi connectivity index (χ4n) is 2.69. The Kier molecular flexibility index (Phi) is 4.85. The lowest BCUT2D eigenvalue weighted by molar-refractivity contribution is 0.413. The summed E-state index contributed by atoms with van der Waals surface area (Å²) in [6.45, 7) is 0. The van der Waals surface area contributed by atoms with Gasteiger partial charge in [0, 0.05) is 18.6 Å². The van der Waals surface area contributed by atoms with E-state index in [1.165, 1.54) is 5.56 Å². The van der Waals surface area contributed by atoms with Crippen LogP contribution in [-0.4, -0.2) is 14.2 Å². The molecule has 1 aromatic heterocycles. The molecule has 124 valence electrons. The van der Waals surface area contributed by atoms with Gasteiger partial charge >= 0.3 is 0 Å². The summed E-state index contributed by atoms with van der Waals surface area (Å²) >= 11 is 0. The summed E-state index contributed by atoms with van der Waals surface area (Å²) in [6.07, 6.45) is 2.54. The zero-order valence-corrected chi connectivity index (χ0v) is 13.9.